The maximum Gasteiger partial charge on any atom is 0.130 e. The number of aromatic nitrogens is 1. The number of ether oxygens (including phenoxy) is 1. The average molecular weight is 274 g/mol. The van der Waals surface area contributed by atoms with Gasteiger partial charge in [-0.05, 0) is 51.1 Å². The van der Waals surface area contributed by atoms with Crippen LogP contribution in [0.3, 0.4) is 0 Å². The van der Waals surface area contributed by atoms with Crippen LogP contribution in [0.25, 0.3) is 0 Å². The normalized spacial score (nSPS) is 11.4. The summed E-state index contributed by atoms with van der Waals surface area (Å²) in [7, 11) is 0. The molecule has 1 aromatic carbocycles. The van der Waals surface area contributed by atoms with Gasteiger partial charge in [0, 0.05) is 24.3 Å². The Morgan fingerprint density at radius 2 is 1.80 bits per heavy atom. The molecule has 0 amide bonds. The highest BCUT2D eigenvalue weighted by molar-refractivity contribution is 5.31. The van der Waals surface area contributed by atoms with Crippen LogP contribution in [-0.4, -0.2) is 10.5 Å². The molecule has 20 heavy (non-hydrogen) atoms. The SMILES string of the molecule is CC(C)(C)NCc1cc(Oc2ccc(F)cc2)ccn1. The van der Waals surface area contributed by atoms with E-state index in [1.54, 1.807) is 24.4 Å². The molecule has 0 aliphatic carbocycles. The van der Waals surface area contributed by atoms with Crippen molar-refractivity contribution in [1.82, 2.24) is 10.3 Å². The van der Waals surface area contributed by atoms with Crippen LogP contribution in [0.4, 0.5) is 4.39 Å². The third-order valence-electron chi connectivity index (χ3n) is 2.64. The number of benzene rings is 1. The molecule has 4 heteroatoms. The van der Waals surface area contributed by atoms with Gasteiger partial charge in [-0.15, -0.1) is 0 Å². The summed E-state index contributed by atoms with van der Waals surface area (Å²) in [5.41, 5.74) is 0.940. The van der Waals surface area contributed by atoms with Gasteiger partial charge in [-0.2, -0.15) is 0 Å². The topological polar surface area (TPSA) is 34.1 Å². The Balaban J connectivity index is 2.04. The molecule has 106 valence electrons. The van der Waals surface area contributed by atoms with Crippen molar-refractivity contribution in [3.05, 3.63) is 54.1 Å². The summed E-state index contributed by atoms with van der Waals surface area (Å²) in [6, 6.07) is 9.61. The van der Waals surface area contributed by atoms with E-state index in [0.29, 0.717) is 18.0 Å². The van der Waals surface area contributed by atoms with Crippen LogP contribution in [-0.2, 0) is 6.54 Å². The third-order valence-corrected chi connectivity index (χ3v) is 2.64. The summed E-state index contributed by atoms with van der Waals surface area (Å²) >= 11 is 0. The van der Waals surface area contributed by atoms with E-state index >= 15 is 0 Å². The lowest BCUT2D eigenvalue weighted by Gasteiger charge is -2.20. The van der Waals surface area contributed by atoms with Gasteiger partial charge in [-0.3, -0.25) is 4.98 Å². The molecule has 0 saturated heterocycles. The molecule has 1 heterocycles. The summed E-state index contributed by atoms with van der Waals surface area (Å²) in [6.07, 6.45) is 1.71. The highest BCUT2D eigenvalue weighted by Crippen LogP contribution is 2.21. The van der Waals surface area contributed by atoms with E-state index < -0.39 is 0 Å². The maximum absolute atomic E-state index is 12.8. The first kappa shape index (κ1) is 14.5. The third kappa shape index (κ3) is 4.63. The van der Waals surface area contributed by atoms with Crippen molar-refractivity contribution in [3.8, 4) is 11.5 Å². The van der Waals surface area contributed by atoms with E-state index in [9.17, 15) is 4.39 Å². The molecule has 0 aliphatic heterocycles. The minimum atomic E-state index is -0.276. The molecule has 0 atom stereocenters. The van der Waals surface area contributed by atoms with Gasteiger partial charge in [0.05, 0.1) is 5.69 Å². The fraction of sp³-hybridized carbons (Fsp3) is 0.312. The van der Waals surface area contributed by atoms with Crippen molar-refractivity contribution in [2.24, 2.45) is 0 Å². The Morgan fingerprint density at radius 1 is 1.10 bits per heavy atom. The van der Waals surface area contributed by atoms with E-state index in [1.807, 2.05) is 6.07 Å². The second kappa shape index (κ2) is 6.01. The van der Waals surface area contributed by atoms with Crippen molar-refractivity contribution >= 4 is 0 Å². The lowest BCUT2D eigenvalue weighted by atomic mass is 10.1. The van der Waals surface area contributed by atoms with Crippen LogP contribution in [0.1, 0.15) is 26.5 Å². The molecule has 0 aliphatic rings. The van der Waals surface area contributed by atoms with Crippen molar-refractivity contribution < 1.29 is 9.13 Å². The Kier molecular flexibility index (Phi) is 4.35. The summed E-state index contributed by atoms with van der Waals surface area (Å²) in [4.78, 5) is 4.30. The molecule has 2 aromatic rings. The standard InChI is InChI=1S/C16H19FN2O/c1-16(2,3)19-11-13-10-15(8-9-18-13)20-14-6-4-12(17)5-7-14/h4-10,19H,11H2,1-3H3. The first-order valence-corrected chi connectivity index (χ1v) is 6.56. The second-order valence-corrected chi connectivity index (χ2v) is 5.64. The number of nitrogens with one attached hydrogen (secondary N) is 1. The minimum Gasteiger partial charge on any atom is -0.457 e. The summed E-state index contributed by atoms with van der Waals surface area (Å²) in [5.74, 6) is 1.02. The quantitative estimate of drug-likeness (QED) is 0.918. The van der Waals surface area contributed by atoms with E-state index in [4.69, 9.17) is 4.74 Å². The van der Waals surface area contributed by atoms with Gasteiger partial charge >= 0.3 is 0 Å². The number of halogens is 1. The predicted octanol–water partition coefficient (Wildman–Crippen LogP) is 3.90. The molecule has 1 aromatic heterocycles. The molecule has 0 radical (unpaired) electrons. The van der Waals surface area contributed by atoms with Crippen molar-refractivity contribution in [2.75, 3.05) is 0 Å². The van der Waals surface area contributed by atoms with Gasteiger partial charge in [0.15, 0.2) is 0 Å². The molecule has 0 fully saturated rings. The summed E-state index contributed by atoms with van der Waals surface area (Å²) < 4.78 is 18.5. The Labute approximate surface area is 118 Å². The van der Waals surface area contributed by atoms with Gasteiger partial charge in [-0.25, -0.2) is 4.39 Å². The summed E-state index contributed by atoms with van der Waals surface area (Å²) in [5, 5.41) is 3.37. The lowest BCUT2D eigenvalue weighted by Crippen LogP contribution is -2.35. The van der Waals surface area contributed by atoms with Crippen LogP contribution in [0, 0.1) is 5.82 Å². The van der Waals surface area contributed by atoms with Crippen LogP contribution < -0.4 is 10.1 Å². The number of rotatable bonds is 4. The predicted molar refractivity (Wildman–Crippen MR) is 77.3 cm³/mol. The molecular weight excluding hydrogens is 255 g/mol. The van der Waals surface area contributed by atoms with E-state index in [-0.39, 0.29) is 11.4 Å². The van der Waals surface area contributed by atoms with Gasteiger partial charge in [-0.1, -0.05) is 0 Å². The molecule has 2 rings (SSSR count). The largest absolute Gasteiger partial charge is 0.457 e. The van der Waals surface area contributed by atoms with Gasteiger partial charge in [0.25, 0.3) is 0 Å². The Hall–Kier alpha value is -1.94. The number of nitrogens with zero attached hydrogens (tertiary/aromatic N) is 1. The van der Waals surface area contributed by atoms with Crippen molar-refractivity contribution in [3.63, 3.8) is 0 Å². The molecule has 0 unspecified atom stereocenters. The van der Waals surface area contributed by atoms with Crippen molar-refractivity contribution in [2.45, 2.75) is 32.9 Å². The smallest absolute Gasteiger partial charge is 0.130 e. The van der Waals surface area contributed by atoms with Crippen LogP contribution in [0.2, 0.25) is 0 Å². The maximum atomic E-state index is 12.8. The minimum absolute atomic E-state index is 0.0372. The zero-order valence-electron chi connectivity index (χ0n) is 12.0. The van der Waals surface area contributed by atoms with Crippen LogP contribution >= 0.6 is 0 Å². The highest BCUT2D eigenvalue weighted by atomic mass is 19.1. The lowest BCUT2D eigenvalue weighted by molar-refractivity contribution is 0.419. The molecule has 1 N–H and O–H groups in total. The van der Waals surface area contributed by atoms with E-state index in [1.165, 1.54) is 12.1 Å². The number of hydrogen-bond donors (Lipinski definition) is 1. The fourth-order valence-corrected chi connectivity index (χ4v) is 1.61. The van der Waals surface area contributed by atoms with Gasteiger partial charge < -0.3 is 10.1 Å². The molecule has 0 spiro atoms. The number of pyridine rings is 1. The zero-order valence-corrected chi connectivity index (χ0v) is 12.0. The van der Waals surface area contributed by atoms with E-state index in [2.05, 4.69) is 31.1 Å². The molecular formula is C16H19FN2O. The Morgan fingerprint density at radius 3 is 2.45 bits per heavy atom. The first-order chi connectivity index (χ1) is 9.42. The second-order valence-electron chi connectivity index (χ2n) is 5.64. The first-order valence-electron chi connectivity index (χ1n) is 6.56. The van der Waals surface area contributed by atoms with Crippen LogP contribution in [0.15, 0.2) is 42.6 Å². The molecule has 0 saturated carbocycles. The van der Waals surface area contributed by atoms with Crippen LogP contribution in [0.5, 0.6) is 11.5 Å². The van der Waals surface area contributed by atoms with Gasteiger partial charge in [0.1, 0.15) is 17.3 Å². The monoisotopic (exact) mass is 274 g/mol. The molecule has 0 bridgehead atoms. The van der Waals surface area contributed by atoms with E-state index in [0.717, 1.165) is 5.69 Å². The molecule has 3 nitrogen and oxygen atoms in total. The van der Waals surface area contributed by atoms with Crippen molar-refractivity contribution in [1.29, 1.82) is 0 Å². The van der Waals surface area contributed by atoms with Gasteiger partial charge in [0.2, 0.25) is 0 Å². The highest BCUT2D eigenvalue weighted by Gasteiger charge is 2.09. The fourth-order valence-electron chi connectivity index (χ4n) is 1.61. The zero-order chi connectivity index (χ0) is 14.6. The number of hydrogen-bond acceptors (Lipinski definition) is 3. The Bertz CT molecular complexity index is 561. The summed E-state index contributed by atoms with van der Waals surface area (Å²) in [6.45, 7) is 6.98. The average Bonchev–Trinajstić information content (AvgIpc) is 2.39.